The second-order valence-corrected chi connectivity index (χ2v) is 6.34. The number of nitrogens with zero attached hydrogens (tertiary/aromatic N) is 4. The Labute approximate surface area is 160 Å². The first-order valence-corrected chi connectivity index (χ1v) is 8.67. The number of rotatable bonds is 4. The maximum Gasteiger partial charge on any atom is 0.378 e. The van der Waals surface area contributed by atoms with Crippen LogP contribution in [0.3, 0.4) is 0 Å². The van der Waals surface area contributed by atoms with Gasteiger partial charge in [-0.1, -0.05) is 36.4 Å². The highest BCUT2D eigenvalue weighted by atomic mass is 16.5. The fourth-order valence-corrected chi connectivity index (χ4v) is 2.97. The van der Waals surface area contributed by atoms with E-state index in [4.69, 9.17) is 4.74 Å². The largest absolute Gasteiger partial charge is 0.450 e. The van der Waals surface area contributed by atoms with Crippen molar-refractivity contribution < 1.29 is 14.3 Å². The van der Waals surface area contributed by atoms with Crippen LogP contribution in [0.4, 0.5) is 5.69 Å². The number of fused-ring (bicyclic) bond motifs is 2. The molecule has 2 aromatic heterocycles. The van der Waals surface area contributed by atoms with Gasteiger partial charge in [0.1, 0.15) is 0 Å². The molecule has 0 aliphatic heterocycles. The minimum absolute atomic E-state index is 0.140. The monoisotopic (exact) mass is 375 g/mol. The molecule has 0 atom stereocenters. The summed E-state index contributed by atoms with van der Waals surface area (Å²) in [5.41, 5.74) is 2.22. The number of ether oxygens (including phenoxy) is 1. The van der Waals surface area contributed by atoms with E-state index in [2.05, 4.69) is 20.4 Å². The highest BCUT2D eigenvalue weighted by Gasteiger charge is 2.18. The first-order chi connectivity index (χ1) is 13.5. The lowest BCUT2D eigenvalue weighted by Crippen LogP contribution is -2.21. The fraction of sp³-hybridized carbons (Fsp3) is 0.150. The summed E-state index contributed by atoms with van der Waals surface area (Å²) in [4.78, 5) is 32.7. The number of anilines is 1. The van der Waals surface area contributed by atoms with Gasteiger partial charge in [0.15, 0.2) is 6.61 Å². The minimum Gasteiger partial charge on any atom is -0.450 e. The fourth-order valence-electron chi connectivity index (χ4n) is 2.97. The van der Waals surface area contributed by atoms with Crippen molar-refractivity contribution in [3.8, 4) is 0 Å². The average molecular weight is 375 g/mol. The zero-order valence-corrected chi connectivity index (χ0v) is 15.3. The van der Waals surface area contributed by atoms with Gasteiger partial charge in [0.2, 0.25) is 0 Å². The van der Waals surface area contributed by atoms with Crippen LogP contribution >= 0.6 is 0 Å². The number of esters is 1. The molecule has 0 fully saturated rings. The zero-order chi connectivity index (χ0) is 19.7. The van der Waals surface area contributed by atoms with Gasteiger partial charge < -0.3 is 10.1 Å². The molecule has 2 aromatic carbocycles. The van der Waals surface area contributed by atoms with Crippen LogP contribution in [0.1, 0.15) is 22.0 Å². The number of hydrogen-bond donors (Lipinski definition) is 1. The molecule has 0 aliphatic carbocycles. The van der Waals surface area contributed by atoms with Crippen molar-refractivity contribution in [2.24, 2.45) is 0 Å². The summed E-state index contributed by atoms with van der Waals surface area (Å²) < 4.78 is 6.51. The van der Waals surface area contributed by atoms with Gasteiger partial charge in [-0.3, -0.25) is 4.79 Å². The molecular weight excluding hydrogens is 358 g/mol. The molecular formula is C20H17N5O3. The third-order valence-electron chi connectivity index (χ3n) is 4.20. The summed E-state index contributed by atoms with van der Waals surface area (Å²) in [6.07, 6.45) is 0. The van der Waals surface area contributed by atoms with Crippen molar-refractivity contribution >= 4 is 34.1 Å². The molecule has 1 amide bonds. The maximum atomic E-state index is 12.2. The van der Waals surface area contributed by atoms with Gasteiger partial charge in [0, 0.05) is 22.5 Å². The summed E-state index contributed by atoms with van der Waals surface area (Å²) in [6.45, 7) is 3.23. The molecule has 0 aliphatic rings. The van der Waals surface area contributed by atoms with Gasteiger partial charge in [0.25, 0.3) is 17.5 Å². The van der Waals surface area contributed by atoms with Gasteiger partial charge in [-0.25, -0.2) is 14.3 Å². The lowest BCUT2D eigenvalue weighted by Gasteiger charge is -2.08. The number of carbonyl (C=O) groups is 2. The quantitative estimate of drug-likeness (QED) is 0.551. The Hall–Kier alpha value is -3.81. The highest BCUT2D eigenvalue weighted by molar-refractivity contribution is 6.03. The van der Waals surface area contributed by atoms with Crippen LogP contribution in [-0.4, -0.2) is 38.1 Å². The Bertz CT molecular complexity index is 1210. The minimum atomic E-state index is -0.782. The van der Waals surface area contributed by atoms with E-state index >= 15 is 0 Å². The Morgan fingerprint density at radius 2 is 1.86 bits per heavy atom. The Kier molecular flexibility index (Phi) is 4.44. The molecule has 4 rings (SSSR count). The van der Waals surface area contributed by atoms with Crippen LogP contribution in [0, 0.1) is 13.8 Å². The molecule has 4 aromatic rings. The number of aryl methyl sites for hydroxylation is 2. The normalized spacial score (nSPS) is 10.9. The lowest BCUT2D eigenvalue weighted by atomic mass is 10.1. The predicted molar refractivity (Wildman–Crippen MR) is 103 cm³/mol. The van der Waals surface area contributed by atoms with Crippen molar-refractivity contribution in [1.29, 1.82) is 0 Å². The summed E-state index contributed by atoms with van der Waals surface area (Å²) in [5, 5.41) is 8.76. The van der Waals surface area contributed by atoms with E-state index in [1.54, 1.807) is 6.07 Å². The molecule has 0 bridgehead atoms. The SMILES string of the molecule is Cc1cc(C)n2nc(C(=O)OCC(=O)Nc3cccc4ccccc34)nc2n1. The van der Waals surface area contributed by atoms with Gasteiger partial charge in [-0.05, 0) is 31.4 Å². The third kappa shape index (κ3) is 3.39. The summed E-state index contributed by atoms with van der Waals surface area (Å²) >= 11 is 0. The maximum absolute atomic E-state index is 12.2. The summed E-state index contributed by atoms with van der Waals surface area (Å²) in [7, 11) is 0. The van der Waals surface area contributed by atoms with E-state index < -0.39 is 18.5 Å². The molecule has 8 heteroatoms. The van der Waals surface area contributed by atoms with Crippen LogP contribution in [-0.2, 0) is 9.53 Å². The van der Waals surface area contributed by atoms with Crippen molar-refractivity contribution in [1.82, 2.24) is 19.6 Å². The second-order valence-electron chi connectivity index (χ2n) is 6.34. The number of amides is 1. The van der Waals surface area contributed by atoms with Crippen LogP contribution < -0.4 is 5.32 Å². The van der Waals surface area contributed by atoms with Crippen molar-refractivity contribution in [2.45, 2.75) is 13.8 Å². The van der Waals surface area contributed by atoms with E-state index in [-0.39, 0.29) is 5.82 Å². The van der Waals surface area contributed by atoms with Gasteiger partial charge in [-0.2, -0.15) is 4.98 Å². The highest BCUT2D eigenvalue weighted by Crippen LogP contribution is 2.22. The van der Waals surface area contributed by atoms with Gasteiger partial charge in [-0.15, -0.1) is 5.10 Å². The van der Waals surface area contributed by atoms with Crippen molar-refractivity contribution in [3.63, 3.8) is 0 Å². The van der Waals surface area contributed by atoms with Crippen molar-refractivity contribution in [3.05, 3.63) is 65.7 Å². The van der Waals surface area contributed by atoms with Crippen molar-refractivity contribution in [2.75, 3.05) is 11.9 Å². The lowest BCUT2D eigenvalue weighted by molar-refractivity contribution is -0.119. The molecule has 0 spiro atoms. The topological polar surface area (TPSA) is 98.5 Å². The molecule has 2 heterocycles. The van der Waals surface area contributed by atoms with E-state index in [1.807, 2.05) is 56.3 Å². The number of hydrogen-bond acceptors (Lipinski definition) is 6. The number of aromatic nitrogens is 4. The van der Waals surface area contributed by atoms with E-state index in [0.717, 1.165) is 22.2 Å². The molecule has 8 nitrogen and oxygen atoms in total. The van der Waals surface area contributed by atoms with Crippen LogP contribution in [0.2, 0.25) is 0 Å². The third-order valence-corrected chi connectivity index (χ3v) is 4.20. The Morgan fingerprint density at radius 1 is 1.07 bits per heavy atom. The predicted octanol–water partition coefficient (Wildman–Crippen LogP) is 2.69. The van der Waals surface area contributed by atoms with Crippen LogP contribution in [0.25, 0.3) is 16.6 Å². The first kappa shape index (κ1) is 17.6. The smallest absolute Gasteiger partial charge is 0.378 e. The summed E-state index contributed by atoms with van der Waals surface area (Å²) in [6, 6.07) is 15.1. The molecule has 0 saturated carbocycles. The van der Waals surface area contributed by atoms with Gasteiger partial charge >= 0.3 is 5.97 Å². The first-order valence-electron chi connectivity index (χ1n) is 8.67. The standard InChI is InChI=1S/C20H17N5O3/c1-12-10-13(2)25-20(21-12)23-18(24-25)19(27)28-11-17(26)22-16-9-5-7-14-6-3-4-8-15(14)16/h3-10H,11H2,1-2H3,(H,22,26). The van der Waals surface area contributed by atoms with E-state index in [1.165, 1.54) is 4.52 Å². The molecule has 1 N–H and O–H groups in total. The summed E-state index contributed by atoms with van der Waals surface area (Å²) in [5.74, 6) is -1.06. The Morgan fingerprint density at radius 3 is 2.71 bits per heavy atom. The molecule has 0 unspecified atom stereocenters. The number of nitrogens with one attached hydrogen (secondary N) is 1. The Balaban J connectivity index is 1.44. The van der Waals surface area contributed by atoms with Crippen LogP contribution in [0.5, 0.6) is 0 Å². The average Bonchev–Trinajstić information content (AvgIpc) is 3.11. The van der Waals surface area contributed by atoms with E-state index in [0.29, 0.717) is 11.5 Å². The number of benzene rings is 2. The number of carbonyl (C=O) groups excluding carboxylic acids is 2. The second kappa shape index (κ2) is 7.07. The van der Waals surface area contributed by atoms with E-state index in [9.17, 15) is 9.59 Å². The molecule has 0 radical (unpaired) electrons. The van der Waals surface area contributed by atoms with Gasteiger partial charge in [0.05, 0.1) is 0 Å². The molecule has 28 heavy (non-hydrogen) atoms. The molecule has 140 valence electrons. The molecule has 0 saturated heterocycles. The van der Waals surface area contributed by atoms with Crippen LogP contribution in [0.15, 0.2) is 48.5 Å². The zero-order valence-electron chi connectivity index (χ0n) is 15.3.